The van der Waals surface area contributed by atoms with E-state index >= 15 is 0 Å². The summed E-state index contributed by atoms with van der Waals surface area (Å²) in [6.45, 7) is 3.87. The number of benzene rings is 1. The molecule has 0 atom stereocenters. The Kier molecular flexibility index (Phi) is 4.27. The zero-order valence-electron chi connectivity index (χ0n) is 12.4. The molecule has 116 valence electrons. The third-order valence-electron chi connectivity index (χ3n) is 3.35. The van der Waals surface area contributed by atoms with Crippen molar-refractivity contribution in [3.8, 4) is 10.4 Å². The van der Waals surface area contributed by atoms with Gasteiger partial charge in [0.15, 0.2) is 5.11 Å². The molecule has 4 nitrogen and oxygen atoms in total. The van der Waals surface area contributed by atoms with E-state index in [2.05, 4.69) is 17.2 Å². The van der Waals surface area contributed by atoms with Crippen LogP contribution >= 0.6 is 23.6 Å². The molecular formula is C17H14N2O2S2. The molecule has 1 aliphatic rings. The standard InChI is InChI=1S/C17H14N2O2S2/c1-10(21-2)11-4-3-5-12(8-11)15-7-6-13(23-15)9-14-16(20)19-17(22)18-14/h3-9H,1H2,2H3,(H2,18,19,20,22). The van der Waals surface area contributed by atoms with Crippen LogP contribution in [0.4, 0.5) is 0 Å². The van der Waals surface area contributed by atoms with Gasteiger partial charge in [-0.05, 0) is 42.1 Å². The van der Waals surface area contributed by atoms with Crippen molar-refractivity contribution >= 4 is 46.4 Å². The van der Waals surface area contributed by atoms with Gasteiger partial charge < -0.3 is 10.1 Å². The van der Waals surface area contributed by atoms with Crippen LogP contribution in [0.5, 0.6) is 0 Å². The van der Waals surface area contributed by atoms with Gasteiger partial charge >= 0.3 is 0 Å². The molecule has 0 saturated carbocycles. The molecule has 1 aromatic heterocycles. The van der Waals surface area contributed by atoms with E-state index in [-0.39, 0.29) is 5.91 Å². The van der Waals surface area contributed by atoms with Gasteiger partial charge in [0.2, 0.25) is 0 Å². The molecule has 1 fully saturated rings. The normalized spacial score (nSPS) is 15.4. The van der Waals surface area contributed by atoms with E-state index in [0.717, 1.165) is 20.9 Å². The Morgan fingerprint density at radius 2 is 2.13 bits per heavy atom. The summed E-state index contributed by atoms with van der Waals surface area (Å²) in [5.74, 6) is 0.425. The number of methoxy groups -OCH3 is 1. The van der Waals surface area contributed by atoms with Gasteiger partial charge in [-0.2, -0.15) is 0 Å². The number of thiophene rings is 1. The number of hydrogen-bond acceptors (Lipinski definition) is 4. The first-order valence-corrected chi connectivity index (χ1v) is 8.07. The predicted octanol–water partition coefficient (Wildman–Crippen LogP) is 3.38. The highest BCUT2D eigenvalue weighted by atomic mass is 32.1. The lowest BCUT2D eigenvalue weighted by molar-refractivity contribution is -0.115. The van der Waals surface area contributed by atoms with E-state index in [4.69, 9.17) is 17.0 Å². The average Bonchev–Trinajstić information content (AvgIpc) is 3.14. The fraction of sp³-hybridized carbons (Fsp3) is 0.0588. The van der Waals surface area contributed by atoms with Crippen molar-refractivity contribution < 1.29 is 9.53 Å². The number of hydrogen-bond donors (Lipinski definition) is 2. The van der Waals surface area contributed by atoms with Crippen LogP contribution in [0, 0.1) is 0 Å². The number of ether oxygens (including phenoxy) is 1. The molecule has 3 rings (SSSR count). The lowest BCUT2D eigenvalue weighted by Crippen LogP contribution is -2.21. The monoisotopic (exact) mass is 342 g/mol. The molecule has 0 bridgehead atoms. The first kappa shape index (κ1) is 15.5. The van der Waals surface area contributed by atoms with Gasteiger partial charge in [0.25, 0.3) is 5.91 Å². The van der Waals surface area contributed by atoms with Crippen LogP contribution in [0.25, 0.3) is 22.3 Å². The zero-order valence-corrected chi connectivity index (χ0v) is 14.0. The second-order valence-electron chi connectivity index (χ2n) is 4.88. The highest BCUT2D eigenvalue weighted by molar-refractivity contribution is 7.80. The van der Waals surface area contributed by atoms with Crippen LogP contribution in [0.2, 0.25) is 0 Å². The van der Waals surface area contributed by atoms with Crippen molar-refractivity contribution in [3.63, 3.8) is 0 Å². The topological polar surface area (TPSA) is 50.4 Å². The molecule has 0 aliphatic carbocycles. The van der Waals surface area contributed by atoms with E-state index < -0.39 is 0 Å². The highest BCUT2D eigenvalue weighted by Gasteiger charge is 2.20. The van der Waals surface area contributed by atoms with Crippen molar-refractivity contribution in [2.75, 3.05) is 7.11 Å². The Morgan fingerprint density at radius 3 is 2.83 bits per heavy atom. The maximum atomic E-state index is 11.7. The van der Waals surface area contributed by atoms with Gasteiger partial charge in [0.1, 0.15) is 11.5 Å². The summed E-state index contributed by atoms with van der Waals surface area (Å²) in [5.41, 5.74) is 2.49. The van der Waals surface area contributed by atoms with Crippen LogP contribution < -0.4 is 10.6 Å². The lowest BCUT2D eigenvalue weighted by Gasteiger charge is -2.05. The average molecular weight is 342 g/mol. The highest BCUT2D eigenvalue weighted by Crippen LogP contribution is 2.31. The molecule has 1 aromatic carbocycles. The number of carbonyl (C=O) groups excluding carboxylic acids is 1. The van der Waals surface area contributed by atoms with Gasteiger partial charge in [-0.25, -0.2) is 0 Å². The molecule has 0 spiro atoms. The molecule has 2 heterocycles. The Labute approximate surface area is 143 Å². The molecule has 23 heavy (non-hydrogen) atoms. The van der Waals surface area contributed by atoms with Crippen LogP contribution in [0.1, 0.15) is 10.4 Å². The van der Waals surface area contributed by atoms with Crippen molar-refractivity contribution in [1.29, 1.82) is 0 Å². The van der Waals surface area contributed by atoms with E-state index in [0.29, 0.717) is 16.6 Å². The Balaban J connectivity index is 1.88. The minimum absolute atomic E-state index is 0.205. The molecule has 1 aliphatic heterocycles. The number of amides is 1. The van der Waals surface area contributed by atoms with Crippen molar-refractivity contribution in [1.82, 2.24) is 10.6 Å². The summed E-state index contributed by atoms with van der Waals surface area (Å²) in [5, 5.41) is 5.73. The van der Waals surface area contributed by atoms with Crippen LogP contribution in [-0.4, -0.2) is 18.1 Å². The maximum absolute atomic E-state index is 11.7. The van der Waals surface area contributed by atoms with Crippen LogP contribution in [0.3, 0.4) is 0 Å². The molecular weight excluding hydrogens is 328 g/mol. The summed E-state index contributed by atoms with van der Waals surface area (Å²) in [4.78, 5) is 13.7. The maximum Gasteiger partial charge on any atom is 0.273 e. The Morgan fingerprint density at radius 1 is 1.30 bits per heavy atom. The third kappa shape index (κ3) is 3.33. The summed E-state index contributed by atoms with van der Waals surface area (Å²) < 4.78 is 5.18. The second-order valence-corrected chi connectivity index (χ2v) is 6.40. The minimum atomic E-state index is -0.205. The fourth-order valence-electron chi connectivity index (χ4n) is 2.17. The molecule has 0 unspecified atom stereocenters. The second kappa shape index (κ2) is 6.36. The Bertz CT molecular complexity index is 837. The molecule has 2 N–H and O–H groups in total. The minimum Gasteiger partial charge on any atom is -0.497 e. The van der Waals surface area contributed by atoms with Gasteiger partial charge in [-0.3, -0.25) is 10.1 Å². The number of carbonyl (C=O) groups is 1. The van der Waals surface area contributed by atoms with E-state index in [9.17, 15) is 4.79 Å². The zero-order chi connectivity index (χ0) is 16.4. The molecule has 6 heteroatoms. The van der Waals surface area contributed by atoms with Crippen LogP contribution in [0.15, 0.2) is 48.7 Å². The predicted molar refractivity (Wildman–Crippen MR) is 97.7 cm³/mol. The van der Waals surface area contributed by atoms with Gasteiger partial charge in [0.05, 0.1) is 7.11 Å². The van der Waals surface area contributed by atoms with Crippen molar-refractivity contribution in [2.24, 2.45) is 0 Å². The van der Waals surface area contributed by atoms with Crippen LogP contribution in [-0.2, 0) is 9.53 Å². The first-order valence-electron chi connectivity index (χ1n) is 6.84. The quantitative estimate of drug-likeness (QED) is 0.508. The van der Waals surface area contributed by atoms with Crippen molar-refractivity contribution in [2.45, 2.75) is 0 Å². The number of thiocarbonyl (C=S) groups is 1. The molecule has 1 saturated heterocycles. The van der Waals surface area contributed by atoms with Gasteiger partial charge in [0, 0.05) is 15.3 Å². The third-order valence-corrected chi connectivity index (χ3v) is 4.63. The lowest BCUT2D eigenvalue weighted by atomic mass is 10.1. The smallest absolute Gasteiger partial charge is 0.273 e. The fourth-order valence-corrected chi connectivity index (χ4v) is 3.32. The van der Waals surface area contributed by atoms with Crippen molar-refractivity contribution in [3.05, 3.63) is 59.1 Å². The Hall–Kier alpha value is -2.44. The first-order chi connectivity index (χ1) is 11.1. The largest absolute Gasteiger partial charge is 0.497 e. The summed E-state index contributed by atoms with van der Waals surface area (Å²) >= 11 is 6.51. The van der Waals surface area contributed by atoms with E-state index in [1.54, 1.807) is 24.5 Å². The summed E-state index contributed by atoms with van der Waals surface area (Å²) in [6, 6.07) is 12.0. The molecule has 2 aromatic rings. The van der Waals surface area contributed by atoms with E-state index in [1.807, 2.05) is 36.4 Å². The van der Waals surface area contributed by atoms with Gasteiger partial charge in [-0.15, -0.1) is 11.3 Å². The SMILES string of the molecule is C=C(OC)c1cccc(-c2ccc(C=C3NC(=S)NC3=O)s2)c1. The summed E-state index contributed by atoms with van der Waals surface area (Å²) in [7, 11) is 1.61. The van der Waals surface area contributed by atoms with Gasteiger partial charge in [-0.1, -0.05) is 24.8 Å². The van der Waals surface area contributed by atoms with E-state index in [1.165, 1.54) is 0 Å². The number of rotatable bonds is 4. The number of nitrogens with one attached hydrogen (secondary N) is 2. The molecule has 0 radical (unpaired) electrons. The molecule has 1 amide bonds. The summed E-state index contributed by atoms with van der Waals surface area (Å²) in [6.07, 6.45) is 1.79.